The van der Waals surface area contributed by atoms with Crippen LogP contribution < -0.4 is 5.32 Å². The monoisotopic (exact) mass is 218 g/mol. The van der Waals surface area contributed by atoms with Gasteiger partial charge in [0.2, 0.25) is 5.91 Å². The maximum atomic E-state index is 12.2. The third-order valence-corrected chi connectivity index (χ3v) is 3.10. The smallest absolute Gasteiger partial charge is 0.229 e. The molecule has 16 heavy (non-hydrogen) atoms. The van der Waals surface area contributed by atoms with Crippen molar-refractivity contribution in [3.05, 3.63) is 35.9 Å². The first kappa shape index (κ1) is 11.1. The van der Waals surface area contributed by atoms with Gasteiger partial charge in [-0.1, -0.05) is 30.3 Å². The number of rotatable bonds is 2. The molecule has 1 amide bonds. The van der Waals surface area contributed by atoms with Crippen LogP contribution in [0.15, 0.2) is 30.3 Å². The van der Waals surface area contributed by atoms with Gasteiger partial charge in [-0.15, -0.1) is 0 Å². The highest BCUT2D eigenvalue weighted by Crippen LogP contribution is 2.17. The van der Waals surface area contributed by atoms with E-state index in [-0.39, 0.29) is 11.8 Å². The summed E-state index contributed by atoms with van der Waals surface area (Å²) >= 11 is 0. The van der Waals surface area contributed by atoms with Gasteiger partial charge in [-0.3, -0.25) is 4.79 Å². The van der Waals surface area contributed by atoms with E-state index in [0.717, 1.165) is 31.7 Å². The predicted molar refractivity (Wildman–Crippen MR) is 64.3 cm³/mol. The molecule has 3 nitrogen and oxygen atoms in total. The van der Waals surface area contributed by atoms with Crippen molar-refractivity contribution in [1.29, 1.82) is 0 Å². The van der Waals surface area contributed by atoms with E-state index >= 15 is 0 Å². The molecule has 0 aliphatic carbocycles. The highest BCUT2D eigenvalue weighted by Gasteiger charge is 2.22. The molecule has 1 atom stereocenters. The summed E-state index contributed by atoms with van der Waals surface area (Å²) in [5.41, 5.74) is 1.10. The molecule has 1 aliphatic heterocycles. The molecule has 86 valence electrons. The highest BCUT2D eigenvalue weighted by atomic mass is 16.2. The fraction of sp³-hybridized carbons (Fsp3) is 0.462. The molecular weight excluding hydrogens is 200 g/mol. The van der Waals surface area contributed by atoms with Crippen LogP contribution in [0, 0.1) is 0 Å². The Morgan fingerprint density at radius 3 is 2.50 bits per heavy atom. The molecule has 0 bridgehead atoms. The van der Waals surface area contributed by atoms with Crippen LogP contribution in [-0.2, 0) is 4.79 Å². The summed E-state index contributed by atoms with van der Waals surface area (Å²) in [4.78, 5) is 14.1. The van der Waals surface area contributed by atoms with E-state index in [2.05, 4.69) is 5.32 Å². The normalized spacial score (nSPS) is 18.2. The summed E-state index contributed by atoms with van der Waals surface area (Å²) in [5, 5.41) is 3.25. The largest absolute Gasteiger partial charge is 0.340 e. The van der Waals surface area contributed by atoms with E-state index in [1.165, 1.54) is 0 Å². The van der Waals surface area contributed by atoms with Gasteiger partial charge in [-0.2, -0.15) is 0 Å². The molecule has 0 radical (unpaired) electrons. The van der Waals surface area contributed by atoms with Gasteiger partial charge in [0.1, 0.15) is 0 Å². The number of benzene rings is 1. The van der Waals surface area contributed by atoms with Crippen LogP contribution in [0.5, 0.6) is 0 Å². The number of nitrogens with one attached hydrogen (secondary N) is 1. The Labute approximate surface area is 96.5 Å². The van der Waals surface area contributed by atoms with Crippen molar-refractivity contribution in [2.24, 2.45) is 0 Å². The van der Waals surface area contributed by atoms with Crippen LogP contribution in [0.2, 0.25) is 0 Å². The molecule has 1 saturated heterocycles. The first-order chi connectivity index (χ1) is 7.79. The molecule has 1 aromatic rings. The minimum atomic E-state index is -0.0284. The summed E-state index contributed by atoms with van der Waals surface area (Å²) in [7, 11) is 0. The lowest BCUT2D eigenvalue weighted by Crippen LogP contribution is -2.47. The fourth-order valence-corrected chi connectivity index (χ4v) is 2.04. The Bertz CT molecular complexity index is 344. The lowest BCUT2D eigenvalue weighted by atomic mass is 9.99. The lowest BCUT2D eigenvalue weighted by Gasteiger charge is -2.29. The number of nitrogens with zero attached hydrogens (tertiary/aromatic N) is 1. The second-order valence-corrected chi connectivity index (χ2v) is 4.21. The third kappa shape index (κ3) is 2.42. The predicted octanol–water partition coefficient (Wildman–Crippen LogP) is 1.22. The Hall–Kier alpha value is -1.35. The lowest BCUT2D eigenvalue weighted by molar-refractivity contribution is -0.133. The Morgan fingerprint density at radius 1 is 1.25 bits per heavy atom. The van der Waals surface area contributed by atoms with Gasteiger partial charge in [0.15, 0.2) is 0 Å². The quantitative estimate of drug-likeness (QED) is 0.809. The van der Waals surface area contributed by atoms with Crippen LogP contribution in [0.4, 0.5) is 0 Å². The number of carbonyl (C=O) groups excluding carboxylic acids is 1. The molecule has 1 fully saturated rings. The van der Waals surface area contributed by atoms with Crippen molar-refractivity contribution in [2.75, 3.05) is 26.2 Å². The molecular formula is C13H18N2O. The average Bonchev–Trinajstić information content (AvgIpc) is 2.39. The van der Waals surface area contributed by atoms with Crippen LogP contribution in [0.25, 0.3) is 0 Å². The third-order valence-electron chi connectivity index (χ3n) is 3.10. The molecule has 0 aromatic heterocycles. The van der Waals surface area contributed by atoms with E-state index < -0.39 is 0 Å². The Kier molecular flexibility index (Phi) is 3.57. The van der Waals surface area contributed by atoms with E-state index in [1.807, 2.05) is 42.2 Å². The van der Waals surface area contributed by atoms with Crippen molar-refractivity contribution in [2.45, 2.75) is 12.8 Å². The van der Waals surface area contributed by atoms with Crippen molar-refractivity contribution in [3.8, 4) is 0 Å². The molecule has 1 heterocycles. The fourth-order valence-electron chi connectivity index (χ4n) is 2.04. The van der Waals surface area contributed by atoms with Gasteiger partial charge >= 0.3 is 0 Å². The maximum absolute atomic E-state index is 12.2. The van der Waals surface area contributed by atoms with Gasteiger partial charge in [-0.05, 0) is 12.5 Å². The van der Waals surface area contributed by atoms with Crippen molar-refractivity contribution in [3.63, 3.8) is 0 Å². The van der Waals surface area contributed by atoms with Gasteiger partial charge in [-0.25, -0.2) is 0 Å². The van der Waals surface area contributed by atoms with E-state index in [4.69, 9.17) is 0 Å². The second kappa shape index (κ2) is 5.12. The zero-order valence-corrected chi connectivity index (χ0v) is 9.65. The van der Waals surface area contributed by atoms with Crippen molar-refractivity contribution >= 4 is 5.91 Å². The summed E-state index contributed by atoms with van der Waals surface area (Å²) in [6.45, 7) is 5.46. The molecule has 1 aromatic carbocycles. The highest BCUT2D eigenvalue weighted by molar-refractivity contribution is 5.83. The van der Waals surface area contributed by atoms with Gasteiger partial charge < -0.3 is 10.2 Å². The molecule has 0 unspecified atom stereocenters. The van der Waals surface area contributed by atoms with Gasteiger partial charge in [0.05, 0.1) is 5.92 Å². The van der Waals surface area contributed by atoms with Gasteiger partial charge in [0.25, 0.3) is 0 Å². The molecule has 0 spiro atoms. The number of hydrogen-bond donors (Lipinski definition) is 1. The summed E-state index contributed by atoms with van der Waals surface area (Å²) < 4.78 is 0. The summed E-state index contributed by atoms with van der Waals surface area (Å²) in [6, 6.07) is 9.98. The van der Waals surface area contributed by atoms with Gasteiger partial charge in [0, 0.05) is 26.2 Å². The van der Waals surface area contributed by atoms with E-state index in [1.54, 1.807) is 0 Å². The van der Waals surface area contributed by atoms with Crippen LogP contribution >= 0.6 is 0 Å². The maximum Gasteiger partial charge on any atom is 0.229 e. The molecule has 3 heteroatoms. The molecule has 2 rings (SSSR count). The zero-order valence-electron chi connectivity index (χ0n) is 9.65. The number of hydrogen-bond acceptors (Lipinski definition) is 2. The first-order valence-corrected chi connectivity index (χ1v) is 5.83. The van der Waals surface area contributed by atoms with Crippen molar-refractivity contribution < 1.29 is 4.79 Å². The number of piperazine rings is 1. The minimum absolute atomic E-state index is 0.0284. The topological polar surface area (TPSA) is 32.3 Å². The summed E-state index contributed by atoms with van der Waals surface area (Å²) in [5.74, 6) is 0.215. The van der Waals surface area contributed by atoms with Crippen LogP contribution in [0.1, 0.15) is 18.4 Å². The molecule has 1 N–H and O–H groups in total. The molecule has 0 saturated carbocycles. The zero-order chi connectivity index (χ0) is 11.4. The number of amides is 1. The molecule has 1 aliphatic rings. The number of carbonyl (C=O) groups is 1. The summed E-state index contributed by atoms with van der Waals surface area (Å²) in [6.07, 6.45) is 0. The van der Waals surface area contributed by atoms with E-state index in [0.29, 0.717) is 0 Å². The standard InChI is InChI=1S/C13H18N2O/c1-11(12-5-3-2-4-6-12)13(16)15-9-7-14-8-10-15/h2-6,11,14H,7-10H2,1H3/t11-/m0/s1. The SMILES string of the molecule is C[C@H](C(=O)N1CCNCC1)c1ccccc1. The average molecular weight is 218 g/mol. The minimum Gasteiger partial charge on any atom is -0.340 e. The van der Waals surface area contributed by atoms with Crippen LogP contribution in [-0.4, -0.2) is 37.0 Å². The van der Waals surface area contributed by atoms with E-state index in [9.17, 15) is 4.79 Å². The van der Waals surface area contributed by atoms with Crippen LogP contribution in [0.3, 0.4) is 0 Å². The van der Waals surface area contributed by atoms with Crippen molar-refractivity contribution in [1.82, 2.24) is 10.2 Å². The Morgan fingerprint density at radius 2 is 1.88 bits per heavy atom. The first-order valence-electron chi connectivity index (χ1n) is 5.83. The Balaban J connectivity index is 2.04. The second-order valence-electron chi connectivity index (χ2n) is 4.21.